The van der Waals surface area contributed by atoms with Crippen molar-refractivity contribution >= 4 is 29.1 Å². The maximum absolute atomic E-state index is 12.5. The van der Waals surface area contributed by atoms with E-state index in [9.17, 15) is 19.5 Å². The van der Waals surface area contributed by atoms with E-state index in [0.29, 0.717) is 25.1 Å². The van der Waals surface area contributed by atoms with Crippen molar-refractivity contribution in [2.75, 3.05) is 19.6 Å². The minimum atomic E-state index is -0.873. The number of nitrogens with one attached hydrogen (secondary N) is 1. The number of benzene rings is 1. The Morgan fingerprint density at radius 2 is 1.93 bits per heavy atom. The number of carboxylic acid groups (broad SMARTS) is 1. The zero-order valence-electron chi connectivity index (χ0n) is 14.8. The molecule has 1 aliphatic rings. The lowest BCUT2D eigenvalue weighted by molar-refractivity contribution is -0.141. The number of carbonyl (C=O) groups is 3. The van der Waals surface area contributed by atoms with Gasteiger partial charge in [0.25, 0.3) is 5.91 Å². The van der Waals surface area contributed by atoms with Gasteiger partial charge in [-0.05, 0) is 23.4 Å². The zero-order valence-corrected chi connectivity index (χ0v) is 15.7. The molecule has 0 saturated carbocycles. The highest BCUT2D eigenvalue weighted by Gasteiger charge is 2.40. The van der Waals surface area contributed by atoms with Gasteiger partial charge in [-0.3, -0.25) is 14.4 Å². The SMILES string of the molecule is O=C(NCCCC(=O)N1CC(C(=O)O)C(c2ccccc2)C1)c1ccsc1. The van der Waals surface area contributed by atoms with Gasteiger partial charge >= 0.3 is 5.97 Å². The molecule has 2 aromatic rings. The van der Waals surface area contributed by atoms with Gasteiger partial charge in [0.2, 0.25) is 5.91 Å². The Morgan fingerprint density at radius 3 is 2.59 bits per heavy atom. The van der Waals surface area contributed by atoms with Crippen LogP contribution in [0, 0.1) is 5.92 Å². The maximum Gasteiger partial charge on any atom is 0.308 e. The molecule has 142 valence electrons. The Balaban J connectivity index is 1.50. The van der Waals surface area contributed by atoms with E-state index in [1.54, 1.807) is 16.3 Å². The van der Waals surface area contributed by atoms with E-state index in [1.807, 2.05) is 35.7 Å². The summed E-state index contributed by atoms with van der Waals surface area (Å²) >= 11 is 1.46. The Kier molecular flexibility index (Phi) is 6.24. The van der Waals surface area contributed by atoms with Crippen LogP contribution in [-0.2, 0) is 9.59 Å². The highest BCUT2D eigenvalue weighted by Crippen LogP contribution is 2.33. The van der Waals surface area contributed by atoms with Crippen molar-refractivity contribution in [2.45, 2.75) is 18.8 Å². The molecule has 2 heterocycles. The maximum atomic E-state index is 12.5. The molecule has 0 aliphatic carbocycles. The van der Waals surface area contributed by atoms with Crippen LogP contribution < -0.4 is 5.32 Å². The Morgan fingerprint density at radius 1 is 1.15 bits per heavy atom. The molecule has 2 amide bonds. The second-order valence-corrected chi connectivity index (χ2v) is 7.41. The van der Waals surface area contributed by atoms with Crippen LogP contribution in [0.1, 0.15) is 34.7 Å². The summed E-state index contributed by atoms with van der Waals surface area (Å²) in [7, 11) is 0. The first-order valence-electron chi connectivity index (χ1n) is 8.92. The molecule has 3 rings (SSSR count). The van der Waals surface area contributed by atoms with Gasteiger partial charge in [0.05, 0.1) is 5.92 Å². The van der Waals surface area contributed by atoms with Crippen molar-refractivity contribution in [1.82, 2.24) is 10.2 Å². The average molecular weight is 386 g/mol. The first kappa shape index (κ1) is 19.1. The first-order chi connectivity index (χ1) is 13.1. The van der Waals surface area contributed by atoms with Crippen LogP contribution in [0.15, 0.2) is 47.2 Å². The minimum absolute atomic E-state index is 0.0653. The standard InChI is InChI=1S/C20H22N2O4S/c23-18(7-4-9-21-19(24)15-8-10-27-13-15)22-11-16(17(12-22)20(25)26)14-5-2-1-3-6-14/h1-3,5-6,8,10,13,16-17H,4,7,9,11-12H2,(H,21,24)(H,25,26). The predicted molar refractivity (Wildman–Crippen MR) is 103 cm³/mol. The Bertz CT molecular complexity index is 792. The van der Waals surface area contributed by atoms with Gasteiger partial charge in [0.1, 0.15) is 0 Å². The average Bonchev–Trinajstić information content (AvgIpc) is 3.35. The summed E-state index contributed by atoms with van der Waals surface area (Å²) in [5.41, 5.74) is 1.57. The van der Waals surface area contributed by atoms with Gasteiger partial charge in [-0.15, -0.1) is 0 Å². The molecular formula is C20H22N2O4S. The summed E-state index contributed by atoms with van der Waals surface area (Å²) in [6.45, 7) is 1.06. The van der Waals surface area contributed by atoms with E-state index in [4.69, 9.17) is 0 Å². The molecule has 0 spiro atoms. The van der Waals surface area contributed by atoms with Gasteiger partial charge in [-0.2, -0.15) is 11.3 Å². The molecule has 1 aromatic heterocycles. The second kappa shape index (κ2) is 8.81. The number of hydrogen-bond donors (Lipinski definition) is 2. The zero-order chi connectivity index (χ0) is 19.2. The number of amides is 2. The summed E-state index contributed by atoms with van der Waals surface area (Å²) in [5, 5.41) is 15.9. The molecule has 1 aliphatic heterocycles. The van der Waals surface area contributed by atoms with Gasteiger partial charge in [0.15, 0.2) is 0 Å². The lowest BCUT2D eigenvalue weighted by Gasteiger charge is -2.16. The highest BCUT2D eigenvalue weighted by atomic mass is 32.1. The number of nitrogens with zero attached hydrogens (tertiary/aromatic N) is 1. The lowest BCUT2D eigenvalue weighted by Crippen LogP contribution is -2.31. The molecular weight excluding hydrogens is 364 g/mol. The topological polar surface area (TPSA) is 86.7 Å². The van der Waals surface area contributed by atoms with E-state index in [1.165, 1.54) is 11.3 Å². The molecule has 0 radical (unpaired) electrons. The molecule has 6 nitrogen and oxygen atoms in total. The van der Waals surface area contributed by atoms with Crippen molar-refractivity contribution in [3.8, 4) is 0 Å². The van der Waals surface area contributed by atoms with Crippen LogP contribution in [0.3, 0.4) is 0 Å². The molecule has 27 heavy (non-hydrogen) atoms. The molecule has 1 aromatic carbocycles. The Hall–Kier alpha value is -2.67. The van der Waals surface area contributed by atoms with E-state index in [2.05, 4.69) is 5.32 Å². The third-order valence-electron chi connectivity index (χ3n) is 4.85. The normalized spacial score (nSPS) is 19.0. The van der Waals surface area contributed by atoms with Gasteiger partial charge < -0.3 is 15.3 Å². The highest BCUT2D eigenvalue weighted by molar-refractivity contribution is 7.08. The monoisotopic (exact) mass is 386 g/mol. The van der Waals surface area contributed by atoms with Gasteiger partial charge in [-0.1, -0.05) is 30.3 Å². The van der Waals surface area contributed by atoms with Crippen LogP contribution in [-0.4, -0.2) is 47.4 Å². The quantitative estimate of drug-likeness (QED) is 0.716. The number of carbonyl (C=O) groups excluding carboxylic acids is 2. The summed E-state index contributed by atoms with van der Waals surface area (Å²) in [5.74, 6) is -1.85. The summed E-state index contributed by atoms with van der Waals surface area (Å²) < 4.78 is 0. The molecule has 0 bridgehead atoms. The number of likely N-dealkylation sites (tertiary alicyclic amines) is 1. The fraction of sp³-hybridized carbons (Fsp3) is 0.350. The predicted octanol–water partition coefficient (Wildman–Crippen LogP) is 2.58. The molecule has 1 fully saturated rings. The fourth-order valence-corrected chi connectivity index (χ4v) is 4.03. The van der Waals surface area contributed by atoms with Gasteiger partial charge in [0, 0.05) is 42.9 Å². The summed E-state index contributed by atoms with van der Waals surface area (Å²) in [6.07, 6.45) is 0.816. The van der Waals surface area contributed by atoms with E-state index in [0.717, 1.165) is 5.56 Å². The van der Waals surface area contributed by atoms with Crippen molar-refractivity contribution in [2.24, 2.45) is 5.92 Å². The number of thiophene rings is 1. The van der Waals surface area contributed by atoms with Crippen molar-refractivity contribution in [3.63, 3.8) is 0 Å². The third-order valence-corrected chi connectivity index (χ3v) is 5.54. The second-order valence-electron chi connectivity index (χ2n) is 6.63. The number of rotatable bonds is 7. The van der Waals surface area contributed by atoms with Crippen LogP contribution in [0.25, 0.3) is 0 Å². The summed E-state index contributed by atoms with van der Waals surface area (Å²) in [6, 6.07) is 11.2. The van der Waals surface area contributed by atoms with E-state index in [-0.39, 0.29) is 30.7 Å². The molecule has 2 N–H and O–H groups in total. The molecule has 2 atom stereocenters. The largest absolute Gasteiger partial charge is 0.481 e. The van der Waals surface area contributed by atoms with Crippen molar-refractivity contribution in [3.05, 3.63) is 58.3 Å². The van der Waals surface area contributed by atoms with Crippen LogP contribution in [0.2, 0.25) is 0 Å². The molecule has 1 saturated heterocycles. The van der Waals surface area contributed by atoms with Crippen LogP contribution in [0.5, 0.6) is 0 Å². The van der Waals surface area contributed by atoms with Crippen LogP contribution in [0.4, 0.5) is 0 Å². The van der Waals surface area contributed by atoms with Crippen molar-refractivity contribution in [1.29, 1.82) is 0 Å². The molecule has 2 unspecified atom stereocenters. The van der Waals surface area contributed by atoms with E-state index < -0.39 is 11.9 Å². The number of aliphatic carboxylic acids is 1. The third kappa shape index (κ3) is 4.74. The lowest BCUT2D eigenvalue weighted by atomic mass is 9.89. The molecule has 7 heteroatoms. The van der Waals surface area contributed by atoms with Gasteiger partial charge in [-0.25, -0.2) is 0 Å². The fourth-order valence-electron chi connectivity index (χ4n) is 3.39. The first-order valence-corrected chi connectivity index (χ1v) is 9.86. The summed E-state index contributed by atoms with van der Waals surface area (Å²) in [4.78, 5) is 37.6. The van der Waals surface area contributed by atoms with Crippen LogP contribution >= 0.6 is 11.3 Å². The van der Waals surface area contributed by atoms with E-state index >= 15 is 0 Å². The van der Waals surface area contributed by atoms with Crippen molar-refractivity contribution < 1.29 is 19.5 Å². The smallest absolute Gasteiger partial charge is 0.308 e. The number of hydrogen-bond acceptors (Lipinski definition) is 4. The Labute approximate surface area is 161 Å². The minimum Gasteiger partial charge on any atom is -0.481 e. The number of carboxylic acids is 1.